The van der Waals surface area contributed by atoms with Crippen LogP contribution in [0.15, 0.2) is 24.3 Å². The molecule has 0 spiro atoms. The molecule has 0 saturated carbocycles. The highest BCUT2D eigenvalue weighted by Gasteiger charge is 2.34. The summed E-state index contributed by atoms with van der Waals surface area (Å²) in [5.74, 6) is -1.36. The lowest BCUT2D eigenvalue weighted by molar-refractivity contribution is -0.146. The summed E-state index contributed by atoms with van der Waals surface area (Å²) < 4.78 is 5.50. The van der Waals surface area contributed by atoms with Crippen molar-refractivity contribution in [2.24, 2.45) is 5.41 Å². The van der Waals surface area contributed by atoms with Gasteiger partial charge in [0, 0.05) is 5.56 Å². The summed E-state index contributed by atoms with van der Waals surface area (Å²) >= 11 is 0. The van der Waals surface area contributed by atoms with Crippen LogP contribution in [0.5, 0.6) is 5.75 Å². The summed E-state index contributed by atoms with van der Waals surface area (Å²) in [5, 5.41) is 11.7. The molecular weight excluding hydrogens is 298 g/mol. The summed E-state index contributed by atoms with van der Waals surface area (Å²) in [6.45, 7) is 8.16. The van der Waals surface area contributed by atoms with Crippen molar-refractivity contribution < 1.29 is 24.2 Å². The predicted octanol–water partition coefficient (Wildman–Crippen LogP) is 2.27. The zero-order valence-corrected chi connectivity index (χ0v) is 14.0. The van der Waals surface area contributed by atoms with Gasteiger partial charge in [-0.15, -0.1) is 0 Å². The maximum atomic E-state index is 12.2. The van der Waals surface area contributed by atoms with Gasteiger partial charge in [-0.05, 0) is 31.4 Å². The van der Waals surface area contributed by atoms with Crippen molar-refractivity contribution >= 4 is 17.7 Å². The van der Waals surface area contributed by atoms with Crippen LogP contribution in [0, 0.1) is 5.41 Å². The topological polar surface area (TPSA) is 92.7 Å². The summed E-state index contributed by atoms with van der Waals surface area (Å²) in [6, 6.07) is 5.47. The number of hydrogen-bond donors (Lipinski definition) is 2. The van der Waals surface area contributed by atoms with E-state index < -0.39 is 29.4 Å². The Kier molecular flexibility index (Phi) is 5.90. The number of aliphatic carboxylic acids is 1. The summed E-state index contributed by atoms with van der Waals surface area (Å²) in [5.41, 5.74) is -0.149. The number of carboxylic acid groups (broad SMARTS) is 1. The Morgan fingerprint density at radius 1 is 1.22 bits per heavy atom. The third kappa shape index (κ3) is 5.39. The standard InChI is InChI=1S/C17H23NO5/c1-10(19)12-7-6-8-13(9-12)23-11(2)15(20)18-14(16(21)22)17(3,4)5/h6-9,11,14H,1-5H3,(H,18,20)(H,21,22)/t11-,14+/m0/s1. The number of carboxylic acids is 1. The lowest BCUT2D eigenvalue weighted by Gasteiger charge is -2.28. The first kappa shape index (κ1) is 18.7. The van der Waals surface area contributed by atoms with Crippen molar-refractivity contribution in [1.29, 1.82) is 0 Å². The molecule has 0 heterocycles. The number of ketones is 1. The molecular formula is C17H23NO5. The fraction of sp³-hybridized carbons (Fsp3) is 0.471. The van der Waals surface area contributed by atoms with E-state index in [0.29, 0.717) is 11.3 Å². The summed E-state index contributed by atoms with van der Waals surface area (Å²) in [6.07, 6.45) is -0.888. The van der Waals surface area contributed by atoms with Gasteiger partial charge in [-0.1, -0.05) is 32.9 Å². The predicted molar refractivity (Wildman–Crippen MR) is 85.6 cm³/mol. The normalized spacial score (nSPS) is 13.8. The maximum absolute atomic E-state index is 12.2. The zero-order chi connectivity index (χ0) is 17.8. The van der Waals surface area contributed by atoms with Gasteiger partial charge in [-0.2, -0.15) is 0 Å². The molecule has 0 aliphatic heterocycles. The van der Waals surface area contributed by atoms with Gasteiger partial charge in [-0.3, -0.25) is 9.59 Å². The molecule has 0 radical (unpaired) electrons. The molecule has 2 N–H and O–H groups in total. The zero-order valence-electron chi connectivity index (χ0n) is 14.0. The van der Waals surface area contributed by atoms with Crippen LogP contribution >= 0.6 is 0 Å². The van der Waals surface area contributed by atoms with Crippen molar-refractivity contribution in [3.63, 3.8) is 0 Å². The van der Waals surface area contributed by atoms with Gasteiger partial charge in [0.1, 0.15) is 11.8 Å². The Labute approximate surface area is 135 Å². The van der Waals surface area contributed by atoms with Crippen LogP contribution < -0.4 is 10.1 Å². The molecule has 0 unspecified atom stereocenters. The second-order valence-electron chi connectivity index (χ2n) is 6.49. The maximum Gasteiger partial charge on any atom is 0.326 e. The van der Waals surface area contributed by atoms with Gasteiger partial charge < -0.3 is 15.2 Å². The minimum absolute atomic E-state index is 0.105. The minimum Gasteiger partial charge on any atom is -0.481 e. The van der Waals surface area contributed by atoms with E-state index in [1.54, 1.807) is 45.0 Å². The summed E-state index contributed by atoms with van der Waals surface area (Å²) in [7, 11) is 0. The molecule has 1 aromatic rings. The average molecular weight is 321 g/mol. The Bertz CT molecular complexity index is 603. The van der Waals surface area contributed by atoms with Gasteiger partial charge in [-0.25, -0.2) is 4.79 Å². The van der Waals surface area contributed by atoms with Crippen LogP contribution in [0.1, 0.15) is 45.0 Å². The Morgan fingerprint density at radius 2 is 1.83 bits per heavy atom. The number of hydrogen-bond acceptors (Lipinski definition) is 4. The van der Waals surface area contributed by atoms with E-state index in [4.69, 9.17) is 4.74 Å². The van der Waals surface area contributed by atoms with E-state index in [9.17, 15) is 19.5 Å². The van der Waals surface area contributed by atoms with E-state index in [-0.39, 0.29) is 5.78 Å². The van der Waals surface area contributed by atoms with E-state index >= 15 is 0 Å². The molecule has 0 bridgehead atoms. The van der Waals surface area contributed by atoms with Gasteiger partial charge in [0.2, 0.25) is 0 Å². The second kappa shape index (κ2) is 7.26. The fourth-order valence-electron chi connectivity index (χ4n) is 1.95. The van der Waals surface area contributed by atoms with Crippen molar-refractivity contribution in [2.75, 3.05) is 0 Å². The fourth-order valence-corrected chi connectivity index (χ4v) is 1.95. The third-order valence-electron chi connectivity index (χ3n) is 3.32. The number of nitrogens with one attached hydrogen (secondary N) is 1. The first-order valence-electron chi connectivity index (χ1n) is 7.33. The van der Waals surface area contributed by atoms with Gasteiger partial charge >= 0.3 is 5.97 Å². The Morgan fingerprint density at radius 3 is 2.30 bits per heavy atom. The average Bonchev–Trinajstić information content (AvgIpc) is 2.42. The highest BCUT2D eigenvalue weighted by Crippen LogP contribution is 2.20. The number of benzene rings is 1. The van der Waals surface area contributed by atoms with E-state index in [1.165, 1.54) is 13.8 Å². The molecule has 6 nitrogen and oxygen atoms in total. The lowest BCUT2D eigenvalue weighted by Crippen LogP contribution is -2.52. The summed E-state index contributed by atoms with van der Waals surface area (Å²) in [4.78, 5) is 34.8. The van der Waals surface area contributed by atoms with Crippen LogP contribution in [-0.2, 0) is 9.59 Å². The highest BCUT2D eigenvalue weighted by atomic mass is 16.5. The highest BCUT2D eigenvalue weighted by molar-refractivity contribution is 5.94. The van der Waals surface area contributed by atoms with Crippen LogP contribution in [0.2, 0.25) is 0 Å². The van der Waals surface area contributed by atoms with Crippen molar-refractivity contribution in [3.05, 3.63) is 29.8 Å². The van der Waals surface area contributed by atoms with E-state index in [2.05, 4.69) is 5.32 Å². The van der Waals surface area contributed by atoms with Crippen molar-refractivity contribution in [2.45, 2.75) is 46.8 Å². The first-order valence-corrected chi connectivity index (χ1v) is 7.33. The number of carbonyl (C=O) groups excluding carboxylic acids is 2. The number of ether oxygens (including phenoxy) is 1. The lowest BCUT2D eigenvalue weighted by atomic mass is 9.86. The Hall–Kier alpha value is -2.37. The number of Topliss-reactive ketones (excluding diaryl/α,β-unsaturated/α-hetero) is 1. The van der Waals surface area contributed by atoms with Gasteiger partial charge in [0.15, 0.2) is 11.9 Å². The first-order chi connectivity index (χ1) is 10.5. The largest absolute Gasteiger partial charge is 0.481 e. The molecule has 0 aliphatic carbocycles. The number of carbonyl (C=O) groups is 3. The minimum atomic E-state index is -1.10. The molecule has 1 aromatic carbocycles. The Balaban J connectivity index is 2.79. The SMILES string of the molecule is CC(=O)c1cccc(O[C@@H](C)C(=O)N[C@H](C(=O)O)C(C)(C)C)c1. The molecule has 23 heavy (non-hydrogen) atoms. The number of rotatable bonds is 6. The van der Waals surface area contributed by atoms with Crippen LogP contribution in [0.25, 0.3) is 0 Å². The molecule has 2 atom stereocenters. The van der Waals surface area contributed by atoms with Crippen LogP contribution in [0.3, 0.4) is 0 Å². The quantitative estimate of drug-likeness (QED) is 0.784. The van der Waals surface area contributed by atoms with Crippen LogP contribution in [0.4, 0.5) is 0 Å². The van der Waals surface area contributed by atoms with Crippen molar-refractivity contribution in [3.8, 4) is 5.75 Å². The van der Waals surface area contributed by atoms with E-state index in [1.807, 2.05) is 0 Å². The molecule has 0 aliphatic rings. The monoisotopic (exact) mass is 321 g/mol. The number of amides is 1. The van der Waals surface area contributed by atoms with Crippen LogP contribution in [-0.4, -0.2) is 34.9 Å². The van der Waals surface area contributed by atoms with Gasteiger partial charge in [0.05, 0.1) is 0 Å². The molecule has 1 rings (SSSR count). The molecule has 1 amide bonds. The third-order valence-corrected chi connectivity index (χ3v) is 3.32. The molecule has 6 heteroatoms. The second-order valence-corrected chi connectivity index (χ2v) is 6.49. The van der Waals surface area contributed by atoms with Gasteiger partial charge in [0.25, 0.3) is 5.91 Å². The molecule has 0 aromatic heterocycles. The molecule has 0 saturated heterocycles. The molecule has 0 fully saturated rings. The van der Waals surface area contributed by atoms with E-state index in [0.717, 1.165) is 0 Å². The van der Waals surface area contributed by atoms with Crippen molar-refractivity contribution in [1.82, 2.24) is 5.32 Å². The molecule has 126 valence electrons. The smallest absolute Gasteiger partial charge is 0.326 e.